The van der Waals surface area contributed by atoms with E-state index < -0.39 is 5.60 Å². The Hall–Kier alpha value is -2.58. The Balaban J connectivity index is 0.00000136. The molecule has 0 aliphatic carbocycles. The number of anilines is 1. The van der Waals surface area contributed by atoms with Crippen LogP contribution in [0.1, 0.15) is 56.8 Å². The normalized spacial score (nSPS) is 12.1. The van der Waals surface area contributed by atoms with Crippen molar-refractivity contribution in [2.24, 2.45) is 0 Å². The van der Waals surface area contributed by atoms with Gasteiger partial charge >= 0.3 is 0 Å². The van der Waals surface area contributed by atoms with Gasteiger partial charge in [0.1, 0.15) is 0 Å². The summed E-state index contributed by atoms with van der Waals surface area (Å²) in [5, 5.41) is 17.6. The highest BCUT2D eigenvalue weighted by atomic mass is 32.1. The number of nitrogens with zero attached hydrogens (tertiary/aromatic N) is 3. The first-order valence-corrected chi connectivity index (χ1v) is 10.1. The molecule has 0 aromatic carbocycles. The van der Waals surface area contributed by atoms with Crippen LogP contribution in [0.15, 0.2) is 35.8 Å². The lowest BCUT2D eigenvalue weighted by Gasteiger charge is -2.18. The molecule has 0 saturated heterocycles. The average molecular weight is 402 g/mol. The number of hydrogen-bond donors (Lipinski definition) is 3. The van der Waals surface area contributed by atoms with Crippen molar-refractivity contribution in [3.63, 3.8) is 0 Å². The van der Waals surface area contributed by atoms with E-state index in [-0.39, 0.29) is 18.5 Å². The largest absolute Gasteiger partial charge is 0.389 e. The molecular formula is C20H27N5O2S. The molecule has 0 fully saturated rings. The number of carbonyl (C=O) groups excluding carboxylic acids is 1. The fraction of sp³-hybridized carbons (Fsp3) is 0.400. The van der Waals surface area contributed by atoms with Gasteiger partial charge in [-0.1, -0.05) is 19.9 Å². The van der Waals surface area contributed by atoms with Gasteiger partial charge in [0.15, 0.2) is 5.69 Å². The van der Waals surface area contributed by atoms with E-state index in [1.807, 2.05) is 50.4 Å². The number of hydrogen-bond acceptors (Lipinski definition) is 7. The predicted molar refractivity (Wildman–Crippen MR) is 114 cm³/mol. The molecule has 0 bridgehead atoms. The lowest BCUT2D eigenvalue weighted by atomic mass is 10.1. The van der Waals surface area contributed by atoms with Crippen LogP contribution >= 0.6 is 11.3 Å². The van der Waals surface area contributed by atoms with Crippen molar-refractivity contribution in [3.8, 4) is 0 Å². The monoisotopic (exact) mass is 401 g/mol. The van der Waals surface area contributed by atoms with Crippen LogP contribution < -0.4 is 10.6 Å². The van der Waals surface area contributed by atoms with E-state index in [1.165, 1.54) is 11.3 Å². The molecule has 3 N–H and O–H groups in total. The highest BCUT2D eigenvalue weighted by Crippen LogP contribution is 2.25. The maximum Gasteiger partial charge on any atom is 0.271 e. The molecule has 1 amide bonds. The van der Waals surface area contributed by atoms with Crippen LogP contribution in [0.25, 0.3) is 10.2 Å². The van der Waals surface area contributed by atoms with Gasteiger partial charge in [-0.2, -0.15) is 0 Å². The van der Waals surface area contributed by atoms with Gasteiger partial charge in [-0.15, -0.1) is 11.3 Å². The number of aromatic nitrogens is 3. The summed E-state index contributed by atoms with van der Waals surface area (Å²) in [4.78, 5) is 25.8. The minimum Gasteiger partial charge on any atom is -0.389 e. The lowest BCUT2D eigenvalue weighted by Crippen LogP contribution is -2.38. The van der Waals surface area contributed by atoms with Crippen molar-refractivity contribution in [1.82, 2.24) is 20.3 Å². The van der Waals surface area contributed by atoms with E-state index in [0.29, 0.717) is 21.9 Å². The third-order valence-electron chi connectivity index (χ3n) is 3.68. The number of amides is 1. The van der Waals surface area contributed by atoms with Gasteiger partial charge in [-0.25, -0.2) is 9.97 Å². The molecular weight excluding hydrogens is 374 g/mol. The highest BCUT2D eigenvalue weighted by Gasteiger charge is 2.20. The minimum absolute atomic E-state index is 0.112. The van der Waals surface area contributed by atoms with Gasteiger partial charge in [0.25, 0.3) is 5.91 Å². The smallest absolute Gasteiger partial charge is 0.271 e. The van der Waals surface area contributed by atoms with E-state index in [2.05, 4.69) is 25.6 Å². The highest BCUT2D eigenvalue weighted by molar-refractivity contribution is 7.17. The zero-order chi connectivity index (χ0) is 20.7. The minimum atomic E-state index is -0.994. The molecule has 1 unspecified atom stereocenters. The van der Waals surface area contributed by atoms with Gasteiger partial charge in [0.05, 0.1) is 27.6 Å². The molecule has 3 aromatic rings. The summed E-state index contributed by atoms with van der Waals surface area (Å²) in [6.45, 7) is 9.36. The topological polar surface area (TPSA) is 100 Å². The molecule has 0 aliphatic rings. The summed E-state index contributed by atoms with van der Waals surface area (Å²) in [6, 6.07) is 7.43. The number of rotatable bonds is 6. The fourth-order valence-electron chi connectivity index (χ4n) is 2.36. The van der Waals surface area contributed by atoms with Crippen molar-refractivity contribution in [2.45, 2.75) is 46.3 Å². The number of carbonyl (C=O) groups is 1. The second kappa shape index (κ2) is 9.57. The molecule has 0 aliphatic heterocycles. The first-order chi connectivity index (χ1) is 13.3. The third-order valence-corrected chi connectivity index (χ3v) is 4.59. The quantitative estimate of drug-likeness (QED) is 0.581. The summed E-state index contributed by atoms with van der Waals surface area (Å²) in [6.07, 6.45) is 1.73. The Bertz CT molecular complexity index is 906. The number of thiophene rings is 1. The van der Waals surface area contributed by atoms with Crippen molar-refractivity contribution >= 4 is 33.4 Å². The van der Waals surface area contributed by atoms with Crippen LogP contribution in [0.2, 0.25) is 0 Å². The van der Waals surface area contributed by atoms with E-state index in [9.17, 15) is 9.90 Å². The Morgan fingerprint density at radius 1 is 1.25 bits per heavy atom. The number of aliphatic hydroxyl groups is 1. The van der Waals surface area contributed by atoms with Crippen molar-refractivity contribution in [1.29, 1.82) is 0 Å². The second-order valence-corrected chi connectivity index (χ2v) is 7.56. The Labute approximate surface area is 169 Å². The lowest BCUT2D eigenvalue weighted by molar-refractivity contribution is 0.0693. The van der Waals surface area contributed by atoms with Crippen LogP contribution in [0.3, 0.4) is 0 Å². The van der Waals surface area contributed by atoms with Gasteiger partial charge in [-0.3, -0.25) is 9.78 Å². The van der Waals surface area contributed by atoms with Gasteiger partial charge < -0.3 is 15.7 Å². The van der Waals surface area contributed by atoms with Crippen LogP contribution in [0, 0.1) is 0 Å². The maximum atomic E-state index is 12.6. The molecule has 0 radical (unpaired) electrons. The number of nitrogens with one attached hydrogen (secondary N) is 2. The first kappa shape index (κ1) is 21.7. The van der Waals surface area contributed by atoms with Crippen LogP contribution in [0.5, 0.6) is 0 Å². The van der Waals surface area contributed by atoms with Crippen LogP contribution in [-0.4, -0.2) is 38.1 Å². The molecule has 7 nitrogen and oxygen atoms in total. The number of fused-ring (bicyclic) bond motifs is 1. The SMILES string of the molecule is CC.CC(Nc1nc(C(=O)NCC(C)(C)O)c2sccc2n1)c1ccccn1. The summed E-state index contributed by atoms with van der Waals surface area (Å²) in [5.74, 6) is 0.0259. The zero-order valence-electron chi connectivity index (χ0n) is 16.9. The summed E-state index contributed by atoms with van der Waals surface area (Å²) >= 11 is 1.41. The van der Waals surface area contributed by atoms with Gasteiger partial charge in [0.2, 0.25) is 5.95 Å². The fourth-order valence-corrected chi connectivity index (χ4v) is 3.18. The molecule has 3 aromatic heterocycles. The average Bonchev–Trinajstić information content (AvgIpc) is 3.15. The summed E-state index contributed by atoms with van der Waals surface area (Å²) in [7, 11) is 0. The Morgan fingerprint density at radius 2 is 2.00 bits per heavy atom. The summed E-state index contributed by atoms with van der Waals surface area (Å²) < 4.78 is 0.717. The predicted octanol–water partition coefficient (Wildman–Crippen LogP) is 3.79. The molecule has 28 heavy (non-hydrogen) atoms. The van der Waals surface area contributed by atoms with Crippen molar-refractivity contribution < 1.29 is 9.90 Å². The standard InChI is InChI=1S/C18H21N5O2S.C2H6/c1-11(12-6-4-5-8-19-12)21-17-22-13-7-9-26-15(13)14(23-17)16(24)20-10-18(2,3)25;1-2/h4-9,11,25H,10H2,1-3H3,(H,20,24)(H,21,22,23);1-2H3. The van der Waals surface area contributed by atoms with E-state index in [4.69, 9.17) is 0 Å². The molecule has 3 heterocycles. The molecule has 8 heteroatoms. The summed E-state index contributed by atoms with van der Waals surface area (Å²) in [5.41, 5.74) is 0.861. The molecule has 1 atom stereocenters. The Morgan fingerprint density at radius 3 is 2.64 bits per heavy atom. The van der Waals surface area contributed by atoms with E-state index in [1.54, 1.807) is 20.0 Å². The molecule has 150 valence electrons. The van der Waals surface area contributed by atoms with E-state index >= 15 is 0 Å². The molecule has 3 rings (SSSR count). The van der Waals surface area contributed by atoms with Gasteiger partial charge in [-0.05, 0) is 44.4 Å². The Kier molecular flexibility index (Phi) is 7.42. The third kappa shape index (κ3) is 5.71. The van der Waals surface area contributed by atoms with E-state index in [0.717, 1.165) is 5.69 Å². The first-order valence-electron chi connectivity index (χ1n) is 9.27. The number of pyridine rings is 1. The van der Waals surface area contributed by atoms with Crippen LogP contribution in [0.4, 0.5) is 5.95 Å². The van der Waals surface area contributed by atoms with Crippen molar-refractivity contribution in [3.05, 3.63) is 47.2 Å². The van der Waals surface area contributed by atoms with Crippen molar-refractivity contribution in [2.75, 3.05) is 11.9 Å². The zero-order valence-corrected chi connectivity index (χ0v) is 17.7. The maximum absolute atomic E-state index is 12.6. The van der Waals surface area contributed by atoms with Crippen LogP contribution in [-0.2, 0) is 0 Å². The molecule has 0 spiro atoms. The molecule has 0 saturated carbocycles. The second-order valence-electron chi connectivity index (χ2n) is 6.65. The van der Waals surface area contributed by atoms with Gasteiger partial charge in [0, 0.05) is 12.7 Å².